The Kier molecular flexibility index (Phi) is 3.33. The van der Waals surface area contributed by atoms with E-state index >= 15 is 0 Å². The fourth-order valence-corrected chi connectivity index (χ4v) is 3.03. The Bertz CT molecular complexity index is 207. The van der Waals surface area contributed by atoms with Crippen LogP contribution < -0.4 is 0 Å². The lowest BCUT2D eigenvalue weighted by Gasteiger charge is -2.47. The average Bonchev–Trinajstić information content (AvgIpc) is 2.15. The summed E-state index contributed by atoms with van der Waals surface area (Å²) in [6, 6.07) is 0. The monoisotopic (exact) mass is 214 g/mol. The lowest BCUT2D eigenvalue weighted by molar-refractivity contribution is -0.322. The first-order valence-electron chi connectivity index (χ1n) is 6.10. The van der Waals surface area contributed by atoms with Crippen molar-refractivity contribution >= 4 is 0 Å². The van der Waals surface area contributed by atoms with E-state index < -0.39 is 0 Å². The van der Waals surface area contributed by atoms with E-state index in [1.807, 2.05) is 0 Å². The number of aliphatic hydroxyl groups is 1. The second-order valence-electron chi connectivity index (χ2n) is 5.20. The Hall–Kier alpha value is -0.120. The first-order valence-corrected chi connectivity index (χ1v) is 6.10. The van der Waals surface area contributed by atoms with E-state index in [1.165, 1.54) is 0 Å². The summed E-state index contributed by atoms with van der Waals surface area (Å²) in [5, 5.41) is 9.16. The predicted octanol–water partition coefficient (Wildman–Crippen LogP) is 2.08. The molecule has 4 atom stereocenters. The van der Waals surface area contributed by atoms with Gasteiger partial charge in [0, 0.05) is 12.8 Å². The van der Waals surface area contributed by atoms with Gasteiger partial charge in [-0.3, -0.25) is 0 Å². The third-order valence-electron chi connectivity index (χ3n) is 3.48. The van der Waals surface area contributed by atoms with Crippen molar-refractivity contribution in [3.05, 3.63) is 0 Å². The molecule has 3 nitrogen and oxygen atoms in total. The van der Waals surface area contributed by atoms with Gasteiger partial charge >= 0.3 is 0 Å². The van der Waals surface area contributed by atoms with Gasteiger partial charge in [0.1, 0.15) is 0 Å². The summed E-state index contributed by atoms with van der Waals surface area (Å²) in [6.45, 7) is 4.49. The molecule has 1 N–H and O–H groups in total. The van der Waals surface area contributed by atoms with Crippen LogP contribution in [0.4, 0.5) is 0 Å². The lowest BCUT2D eigenvalue weighted by Crippen LogP contribution is -2.50. The molecule has 0 radical (unpaired) electrons. The fourth-order valence-electron chi connectivity index (χ4n) is 3.03. The van der Waals surface area contributed by atoms with E-state index in [4.69, 9.17) is 14.6 Å². The minimum Gasteiger partial charge on any atom is -0.394 e. The number of rotatable bonds is 1. The molecular weight excluding hydrogens is 192 g/mol. The Labute approximate surface area is 91.8 Å². The standard InChI is InChI=1S/C12H22O3/c1-9-6-10(2)14-12(7-9)5-3-4-11(8-13)15-12/h9-11,13H,3-8H2,1-2H3. The SMILES string of the molecule is CC1CC(C)OC2(CCCC(CO)O2)C1. The molecule has 0 amide bonds. The van der Waals surface area contributed by atoms with Gasteiger partial charge in [0.15, 0.2) is 5.79 Å². The van der Waals surface area contributed by atoms with Gasteiger partial charge in [-0.15, -0.1) is 0 Å². The molecule has 0 bridgehead atoms. The van der Waals surface area contributed by atoms with E-state index in [9.17, 15) is 0 Å². The summed E-state index contributed by atoms with van der Waals surface area (Å²) >= 11 is 0. The van der Waals surface area contributed by atoms with Crippen molar-refractivity contribution in [1.82, 2.24) is 0 Å². The van der Waals surface area contributed by atoms with Gasteiger partial charge in [-0.05, 0) is 32.1 Å². The van der Waals surface area contributed by atoms with Gasteiger partial charge in [0.05, 0.1) is 18.8 Å². The first kappa shape index (κ1) is 11.4. The molecule has 0 saturated carbocycles. The van der Waals surface area contributed by atoms with Gasteiger partial charge in [-0.1, -0.05) is 6.92 Å². The summed E-state index contributed by atoms with van der Waals surface area (Å²) in [7, 11) is 0. The normalized spacial score (nSPS) is 47.0. The molecule has 0 aromatic carbocycles. The largest absolute Gasteiger partial charge is 0.394 e. The van der Waals surface area contributed by atoms with Crippen molar-refractivity contribution in [3.63, 3.8) is 0 Å². The quantitative estimate of drug-likeness (QED) is 0.726. The van der Waals surface area contributed by atoms with Crippen molar-refractivity contribution < 1.29 is 14.6 Å². The van der Waals surface area contributed by atoms with Crippen LogP contribution in [0.2, 0.25) is 0 Å². The van der Waals surface area contributed by atoms with Crippen LogP contribution in [0.15, 0.2) is 0 Å². The molecule has 4 unspecified atom stereocenters. The molecule has 2 aliphatic heterocycles. The highest BCUT2D eigenvalue weighted by Crippen LogP contribution is 2.41. The zero-order valence-corrected chi connectivity index (χ0v) is 9.74. The molecule has 0 aromatic rings. The van der Waals surface area contributed by atoms with Gasteiger partial charge in [-0.2, -0.15) is 0 Å². The number of hydrogen-bond acceptors (Lipinski definition) is 3. The molecular formula is C12H22O3. The maximum absolute atomic E-state index is 9.16. The van der Waals surface area contributed by atoms with Crippen molar-refractivity contribution in [2.24, 2.45) is 5.92 Å². The zero-order valence-electron chi connectivity index (χ0n) is 9.74. The third kappa shape index (κ3) is 2.52. The topological polar surface area (TPSA) is 38.7 Å². The second kappa shape index (κ2) is 4.40. The van der Waals surface area contributed by atoms with Crippen LogP contribution in [0.25, 0.3) is 0 Å². The van der Waals surface area contributed by atoms with Crippen LogP contribution in [0.3, 0.4) is 0 Å². The van der Waals surface area contributed by atoms with Crippen LogP contribution in [-0.2, 0) is 9.47 Å². The number of hydrogen-bond donors (Lipinski definition) is 1. The first-order chi connectivity index (χ1) is 7.13. The number of ether oxygens (including phenoxy) is 2. The third-order valence-corrected chi connectivity index (χ3v) is 3.48. The Balaban J connectivity index is 2.04. The molecule has 15 heavy (non-hydrogen) atoms. The molecule has 88 valence electrons. The van der Waals surface area contributed by atoms with Crippen LogP contribution in [-0.4, -0.2) is 29.7 Å². The highest BCUT2D eigenvalue weighted by molar-refractivity contribution is 4.85. The molecule has 2 saturated heterocycles. The molecule has 2 aliphatic rings. The second-order valence-corrected chi connectivity index (χ2v) is 5.20. The van der Waals surface area contributed by atoms with Crippen molar-refractivity contribution in [1.29, 1.82) is 0 Å². The summed E-state index contributed by atoms with van der Waals surface area (Å²) in [5.74, 6) is 0.272. The zero-order chi connectivity index (χ0) is 10.9. The molecule has 2 heterocycles. The highest BCUT2D eigenvalue weighted by atomic mass is 16.7. The smallest absolute Gasteiger partial charge is 0.169 e. The van der Waals surface area contributed by atoms with E-state index in [1.54, 1.807) is 0 Å². The maximum atomic E-state index is 9.16. The molecule has 0 aliphatic carbocycles. The number of aliphatic hydroxyl groups excluding tert-OH is 1. The molecule has 1 spiro atoms. The van der Waals surface area contributed by atoms with Gasteiger partial charge in [0.2, 0.25) is 0 Å². The van der Waals surface area contributed by atoms with Gasteiger partial charge in [0.25, 0.3) is 0 Å². The fraction of sp³-hybridized carbons (Fsp3) is 1.00. The van der Waals surface area contributed by atoms with E-state index in [2.05, 4.69) is 13.8 Å². The average molecular weight is 214 g/mol. The summed E-state index contributed by atoms with van der Waals surface area (Å²) in [6.07, 6.45) is 5.41. The van der Waals surface area contributed by atoms with Crippen molar-refractivity contribution in [3.8, 4) is 0 Å². The minimum atomic E-state index is -0.386. The van der Waals surface area contributed by atoms with Gasteiger partial charge in [-0.25, -0.2) is 0 Å². The summed E-state index contributed by atoms with van der Waals surface area (Å²) < 4.78 is 11.9. The predicted molar refractivity (Wildman–Crippen MR) is 57.5 cm³/mol. The van der Waals surface area contributed by atoms with E-state index in [0.717, 1.165) is 32.1 Å². The Morgan fingerprint density at radius 3 is 2.80 bits per heavy atom. The van der Waals surface area contributed by atoms with E-state index in [-0.39, 0.29) is 24.6 Å². The van der Waals surface area contributed by atoms with Crippen molar-refractivity contribution in [2.75, 3.05) is 6.61 Å². The Morgan fingerprint density at radius 1 is 1.33 bits per heavy atom. The highest BCUT2D eigenvalue weighted by Gasteiger charge is 2.43. The lowest BCUT2D eigenvalue weighted by atomic mass is 9.87. The summed E-state index contributed by atoms with van der Waals surface area (Å²) in [5.41, 5.74) is 0. The van der Waals surface area contributed by atoms with Gasteiger partial charge < -0.3 is 14.6 Å². The van der Waals surface area contributed by atoms with Crippen LogP contribution in [0, 0.1) is 5.92 Å². The van der Waals surface area contributed by atoms with E-state index in [0.29, 0.717) is 5.92 Å². The molecule has 2 rings (SSSR count). The summed E-state index contributed by atoms with van der Waals surface area (Å²) in [4.78, 5) is 0. The van der Waals surface area contributed by atoms with Crippen LogP contribution in [0.1, 0.15) is 46.0 Å². The molecule has 0 aromatic heterocycles. The molecule has 2 fully saturated rings. The van der Waals surface area contributed by atoms with Crippen LogP contribution >= 0.6 is 0 Å². The van der Waals surface area contributed by atoms with Crippen LogP contribution in [0.5, 0.6) is 0 Å². The maximum Gasteiger partial charge on any atom is 0.169 e. The Morgan fingerprint density at radius 2 is 2.13 bits per heavy atom. The minimum absolute atomic E-state index is 0.0174. The molecule has 3 heteroatoms. The van der Waals surface area contributed by atoms with Crippen molar-refractivity contribution in [2.45, 2.75) is 63.9 Å².